The van der Waals surface area contributed by atoms with Gasteiger partial charge >= 0.3 is 0 Å². The molecule has 2 fully saturated rings. The Bertz CT molecular complexity index is 808. The summed E-state index contributed by atoms with van der Waals surface area (Å²) in [6, 6.07) is 9.16. The van der Waals surface area contributed by atoms with Crippen molar-refractivity contribution in [3.63, 3.8) is 0 Å². The summed E-state index contributed by atoms with van der Waals surface area (Å²) in [7, 11) is 0. The largest absolute Gasteiger partial charge is 0.451 e. The number of fused-ring (bicyclic) bond motifs is 1. The lowest BCUT2D eigenvalue weighted by Crippen LogP contribution is -2.61. The normalized spacial score (nSPS) is 22.6. The van der Waals surface area contributed by atoms with Gasteiger partial charge in [0.15, 0.2) is 5.76 Å². The lowest BCUT2D eigenvalue weighted by atomic mass is 9.88. The Kier molecular flexibility index (Phi) is 4.88. The molecule has 0 saturated carbocycles. The molecule has 7 heteroatoms. The Balaban J connectivity index is 1.40. The third-order valence-corrected chi connectivity index (χ3v) is 5.50. The molecule has 2 aromatic rings. The van der Waals surface area contributed by atoms with E-state index in [2.05, 4.69) is 5.32 Å². The van der Waals surface area contributed by atoms with E-state index in [1.54, 1.807) is 11.0 Å². The molecule has 2 saturated heterocycles. The molecule has 2 amide bonds. The fraction of sp³-hybridized carbons (Fsp3) is 0.500. The Labute approximate surface area is 157 Å². The van der Waals surface area contributed by atoms with Gasteiger partial charge in [-0.2, -0.15) is 0 Å². The van der Waals surface area contributed by atoms with Crippen molar-refractivity contribution < 1.29 is 18.7 Å². The number of hydrogen-bond acceptors (Lipinski definition) is 5. The molecule has 2 aliphatic heterocycles. The second kappa shape index (κ2) is 7.32. The van der Waals surface area contributed by atoms with Crippen molar-refractivity contribution in [2.75, 3.05) is 26.3 Å². The van der Waals surface area contributed by atoms with Gasteiger partial charge in [-0.1, -0.05) is 18.2 Å². The summed E-state index contributed by atoms with van der Waals surface area (Å²) < 4.78 is 11.0. The summed E-state index contributed by atoms with van der Waals surface area (Å²) in [5.74, 6) is 0.00638. The van der Waals surface area contributed by atoms with Crippen molar-refractivity contribution in [1.82, 2.24) is 10.2 Å². The number of nitrogens with zero attached hydrogens (tertiary/aromatic N) is 1. The number of piperidine rings is 1. The van der Waals surface area contributed by atoms with Crippen LogP contribution >= 0.6 is 0 Å². The Morgan fingerprint density at radius 3 is 2.78 bits per heavy atom. The number of rotatable bonds is 3. The van der Waals surface area contributed by atoms with Crippen LogP contribution in [0, 0.1) is 0 Å². The molecule has 0 spiro atoms. The number of likely N-dealkylation sites (tertiary alicyclic amines) is 1. The van der Waals surface area contributed by atoms with E-state index >= 15 is 0 Å². The monoisotopic (exact) mass is 371 g/mol. The van der Waals surface area contributed by atoms with Gasteiger partial charge in [0.25, 0.3) is 5.91 Å². The summed E-state index contributed by atoms with van der Waals surface area (Å²) in [5.41, 5.74) is 6.18. The van der Waals surface area contributed by atoms with E-state index in [0.29, 0.717) is 50.5 Å². The van der Waals surface area contributed by atoms with E-state index in [1.165, 1.54) is 0 Å². The van der Waals surface area contributed by atoms with Gasteiger partial charge in [-0.15, -0.1) is 0 Å². The van der Waals surface area contributed by atoms with Crippen LogP contribution in [0.4, 0.5) is 0 Å². The quantitative estimate of drug-likeness (QED) is 0.855. The molecule has 0 radical (unpaired) electrons. The minimum Gasteiger partial charge on any atom is -0.451 e. The highest BCUT2D eigenvalue weighted by molar-refractivity contribution is 5.96. The zero-order valence-electron chi connectivity index (χ0n) is 15.3. The first-order valence-corrected chi connectivity index (χ1v) is 9.51. The van der Waals surface area contributed by atoms with Gasteiger partial charge in [0, 0.05) is 37.7 Å². The van der Waals surface area contributed by atoms with E-state index < -0.39 is 5.54 Å². The molecule has 1 unspecified atom stereocenters. The van der Waals surface area contributed by atoms with Gasteiger partial charge in [-0.3, -0.25) is 9.59 Å². The van der Waals surface area contributed by atoms with Crippen LogP contribution < -0.4 is 11.1 Å². The van der Waals surface area contributed by atoms with Gasteiger partial charge in [-0.25, -0.2) is 0 Å². The molecule has 0 bridgehead atoms. The molecule has 2 aliphatic rings. The lowest BCUT2D eigenvalue weighted by molar-refractivity contribution is -0.141. The maximum absolute atomic E-state index is 12.9. The number of nitrogens with one attached hydrogen (secondary N) is 1. The fourth-order valence-corrected chi connectivity index (χ4v) is 3.89. The number of ether oxygens (including phenoxy) is 1. The van der Waals surface area contributed by atoms with Crippen LogP contribution in [0.5, 0.6) is 0 Å². The smallest absolute Gasteiger partial charge is 0.287 e. The van der Waals surface area contributed by atoms with E-state index in [1.807, 2.05) is 24.3 Å². The molecule has 3 N–H and O–H groups in total. The highest BCUT2D eigenvalue weighted by Crippen LogP contribution is 2.23. The first-order chi connectivity index (χ1) is 13.0. The number of hydrogen-bond donors (Lipinski definition) is 2. The Morgan fingerprint density at radius 2 is 2.00 bits per heavy atom. The molecule has 144 valence electrons. The van der Waals surface area contributed by atoms with Crippen LogP contribution in [0.2, 0.25) is 0 Å². The van der Waals surface area contributed by atoms with E-state index in [-0.39, 0.29) is 17.9 Å². The minimum atomic E-state index is -0.844. The van der Waals surface area contributed by atoms with Crippen molar-refractivity contribution in [2.24, 2.45) is 5.73 Å². The molecule has 1 aromatic carbocycles. The number of furan rings is 1. The summed E-state index contributed by atoms with van der Waals surface area (Å²) >= 11 is 0. The minimum absolute atomic E-state index is 0.0338. The van der Waals surface area contributed by atoms with E-state index in [0.717, 1.165) is 18.2 Å². The molecule has 27 heavy (non-hydrogen) atoms. The van der Waals surface area contributed by atoms with Crippen LogP contribution in [-0.4, -0.2) is 54.6 Å². The molecule has 4 rings (SSSR count). The van der Waals surface area contributed by atoms with Crippen LogP contribution in [-0.2, 0) is 9.53 Å². The van der Waals surface area contributed by atoms with E-state index in [9.17, 15) is 9.59 Å². The molecule has 7 nitrogen and oxygen atoms in total. The summed E-state index contributed by atoms with van der Waals surface area (Å²) in [5, 5.41) is 3.90. The topological polar surface area (TPSA) is 97.8 Å². The van der Waals surface area contributed by atoms with Crippen molar-refractivity contribution in [1.29, 1.82) is 0 Å². The average Bonchev–Trinajstić information content (AvgIpc) is 3.13. The lowest BCUT2D eigenvalue weighted by Gasteiger charge is -2.40. The molecular weight excluding hydrogens is 346 g/mol. The van der Waals surface area contributed by atoms with Crippen LogP contribution in [0.25, 0.3) is 11.0 Å². The summed E-state index contributed by atoms with van der Waals surface area (Å²) in [6.45, 7) is 2.19. The second-order valence-corrected chi connectivity index (χ2v) is 7.48. The number of carbonyl (C=O) groups excluding carboxylic acids is 2. The number of carbonyl (C=O) groups is 2. The van der Waals surface area contributed by atoms with Gasteiger partial charge in [0.05, 0.1) is 5.54 Å². The van der Waals surface area contributed by atoms with Gasteiger partial charge < -0.3 is 25.1 Å². The number of amides is 2. The molecule has 3 heterocycles. The molecule has 0 aliphatic carbocycles. The van der Waals surface area contributed by atoms with Crippen LogP contribution in [0.3, 0.4) is 0 Å². The second-order valence-electron chi connectivity index (χ2n) is 7.48. The third-order valence-electron chi connectivity index (χ3n) is 5.50. The maximum Gasteiger partial charge on any atom is 0.287 e. The summed E-state index contributed by atoms with van der Waals surface area (Å²) in [4.78, 5) is 27.3. The standard InChI is InChI=1S/C20H25N3O4/c21-20(7-10-26-11-8-20)19(25)23-9-3-5-15(13-23)22-18(24)17-12-14-4-1-2-6-16(14)27-17/h1-2,4,6,12,15H,3,5,7-11,13,21H2,(H,22,24). The Morgan fingerprint density at radius 1 is 1.22 bits per heavy atom. The first kappa shape index (κ1) is 18.0. The predicted molar refractivity (Wildman–Crippen MR) is 100 cm³/mol. The SMILES string of the molecule is NC1(C(=O)N2CCCC(NC(=O)c3cc4ccccc4o3)C2)CCOCC1. The first-order valence-electron chi connectivity index (χ1n) is 9.51. The predicted octanol–water partition coefficient (Wildman–Crippen LogP) is 1.66. The molecule has 1 aromatic heterocycles. The number of benzene rings is 1. The average molecular weight is 371 g/mol. The van der Waals surface area contributed by atoms with Crippen LogP contribution in [0.15, 0.2) is 34.7 Å². The number of nitrogens with two attached hydrogens (primary N) is 1. The van der Waals surface area contributed by atoms with Crippen molar-refractivity contribution in [2.45, 2.75) is 37.3 Å². The van der Waals surface area contributed by atoms with Crippen molar-refractivity contribution in [3.8, 4) is 0 Å². The third kappa shape index (κ3) is 3.70. The fourth-order valence-electron chi connectivity index (χ4n) is 3.89. The maximum atomic E-state index is 12.9. The zero-order chi connectivity index (χ0) is 18.9. The molecular formula is C20H25N3O4. The van der Waals surface area contributed by atoms with Gasteiger partial charge in [0.1, 0.15) is 5.58 Å². The Hall–Kier alpha value is -2.38. The zero-order valence-corrected chi connectivity index (χ0v) is 15.3. The van der Waals surface area contributed by atoms with Crippen molar-refractivity contribution in [3.05, 3.63) is 36.1 Å². The van der Waals surface area contributed by atoms with E-state index in [4.69, 9.17) is 14.9 Å². The molecule has 1 atom stereocenters. The summed E-state index contributed by atoms with van der Waals surface area (Å²) in [6.07, 6.45) is 2.75. The van der Waals surface area contributed by atoms with Crippen LogP contribution in [0.1, 0.15) is 36.2 Å². The van der Waals surface area contributed by atoms with Gasteiger partial charge in [-0.05, 0) is 37.8 Å². The number of para-hydroxylation sites is 1. The van der Waals surface area contributed by atoms with Gasteiger partial charge in [0.2, 0.25) is 5.91 Å². The highest BCUT2D eigenvalue weighted by atomic mass is 16.5. The van der Waals surface area contributed by atoms with Crippen molar-refractivity contribution >= 4 is 22.8 Å². The highest BCUT2D eigenvalue weighted by Gasteiger charge is 2.40.